The molecule has 1 N–H and O–H groups in total. The topological polar surface area (TPSA) is 55.1 Å². The predicted molar refractivity (Wildman–Crippen MR) is 82.8 cm³/mol. The number of aromatic nitrogens is 2. The number of imidazole rings is 1. The number of thioether (sulfide) groups is 1. The highest BCUT2D eigenvalue weighted by Crippen LogP contribution is 2.33. The van der Waals surface area contributed by atoms with E-state index in [1.54, 1.807) is 0 Å². The van der Waals surface area contributed by atoms with Gasteiger partial charge < -0.3 is 9.67 Å². The Morgan fingerprint density at radius 1 is 1.43 bits per heavy atom. The van der Waals surface area contributed by atoms with Crippen molar-refractivity contribution in [3.63, 3.8) is 0 Å². The van der Waals surface area contributed by atoms with E-state index in [2.05, 4.69) is 33.8 Å². The van der Waals surface area contributed by atoms with Gasteiger partial charge in [0.25, 0.3) is 0 Å². The van der Waals surface area contributed by atoms with Crippen molar-refractivity contribution in [2.45, 2.75) is 37.4 Å². The molecule has 0 fully saturated rings. The number of hydrogen-bond acceptors (Lipinski definition) is 3. The Kier molecular flexibility index (Phi) is 4.01. The SMILES string of the molecule is Cc1cnc(SCC(=O)O)n1C1CCc2ccccc2C1. The zero-order valence-corrected chi connectivity index (χ0v) is 12.8. The number of carbonyl (C=O) groups is 1. The quantitative estimate of drug-likeness (QED) is 0.882. The van der Waals surface area contributed by atoms with Crippen molar-refractivity contribution in [1.82, 2.24) is 9.55 Å². The Morgan fingerprint density at radius 3 is 2.95 bits per heavy atom. The van der Waals surface area contributed by atoms with Gasteiger partial charge in [-0.2, -0.15) is 0 Å². The van der Waals surface area contributed by atoms with Gasteiger partial charge >= 0.3 is 5.97 Å². The summed E-state index contributed by atoms with van der Waals surface area (Å²) < 4.78 is 2.21. The fraction of sp³-hybridized carbons (Fsp3) is 0.375. The first-order valence-corrected chi connectivity index (χ1v) is 8.09. The average molecular weight is 302 g/mol. The van der Waals surface area contributed by atoms with Gasteiger partial charge in [0.15, 0.2) is 5.16 Å². The maximum absolute atomic E-state index is 10.8. The van der Waals surface area contributed by atoms with E-state index in [9.17, 15) is 4.79 Å². The summed E-state index contributed by atoms with van der Waals surface area (Å²) in [6.45, 7) is 2.04. The molecule has 4 nitrogen and oxygen atoms in total. The summed E-state index contributed by atoms with van der Waals surface area (Å²) in [5, 5.41) is 9.67. The van der Waals surface area contributed by atoms with Crippen molar-refractivity contribution < 1.29 is 9.90 Å². The van der Waals surface area contributed by atoms with E-state index in [0.29, 0.717) is 6.04 Å². The summed E-state index contributed by atoms with van der Waals surface area (Å²) in [4.78, 5) is 15.2. The van der Waals surface area contributed by atoms with Crippen LogP contribution in [0.3, 0.4) is 0 Å². The van der Waals surface area contributed by atoms with Crippen LogP contribution in [0.25, 0.3) is 0 Å². The number of carboxylic acid groups (broad SMARTS) is 1. The van der Waals surface area contributed by atoms with Crippen LogP contribution >= 0.6 is 11.8 Å². The number of hydrogen-bond donors (Lipinski definition) is 1. The molecule has 110 valence electrons. The molecule has 1 unspecified atom stereocenters. The third-order valence-corrected chi connectivity index (χ3v) is 4.91. The van der Waals surface area contributed by atoms with Crippen LogP contribution in [0.1, 0.15) is 29.3 Å². The predicted octanol–water partition coefficient (Wildman–Crippen LogP) is 3.10. The molecule has 1 aromatic heterocycles. The van der Waals surface area contributed by atoms with Gasteiger partial charge in [-0.25, -0.2) is 4.98 Å². The monoisotopic (exact) mass is 302 g/mol. The van der Waals surface area contributed by atoms with Gasteiger partial charge in [-0.05, 0) is 37.3 Å². The largest absolute Gasteiger partial charge is 0.481 e. The van der Waals surface area contributed by atoms with Crippen LogP contribution in [0.15, 0.2) is 35.6 Å². The van der Waals surface area contributed by atoms with E-state index in [4.69, 9.17) is 5.11 Å². The van der Waals surface area contributed by atoms with Crippen molar-refractivity contribution in [2.75, 3.05) is 5.75 Å². The van der Waals surface area contributed by atoms with Gasteiger partial charge in [-0.15, -0.1) is 0 Å². The zero-order valence-electron chi connectivity index (χ0n) is 12.0. The fourth-order valence-electron chi connectivity index (χ4n) is 3.00. The van der Waals surface area contributed by atoms with Crippen LogP contribution < -0.4 is 0 Å². The Bertz CT molecular complexity index is 666. The number of aryl methyl sites for hydroxylation is 2. The Labute approximate surface area is 128 Å². The minimum Gasteiger partial charge on any atom is -0.481 e. The first-order valence-electron chi connectivity index (χ1n) is 7.10. The molecule has 1 heterocycles. The van der Waals surface area contributed by atoms with Crippen LogP contribution in [0, 0.1) is 6.92 Å². The van der Waals surface area contributed by atoms with Gasteiger partial charge in [0.05, 0.1) is 5.75 Å². The molecule has 3 rings (SSSR count). The smallest absolute Gasteiger partial charge is 0.313 e. The van der Waals surface area contributed by atoms with Crippen LogP contribution in [0.2, 0.25) is 0 Å². The Morgan fingerprint density at radius 2 is 2.19 bits per heavy atom. The molecule has 0 bridgehead atoms. The number of benzene rings is 1. The summed E-state index contributed by atoms with van der Waals surface area (Å²) in [5.41, 5.74) is 3.94. The molecule has 0 spiro atoms. The molecule has 2 aromatic rings. The molecular formula is C16H18N2O2S. The average Bonchev–Trinajstić information content (AvgIpc) is 2.85. The molecule has 0 saturated heterocycles. The highest BCUT2D eigenvalue weighted by Gasteiger charge is 2.23. The van der Waals surface area contributed by atoms with Crippen LogP contribution in [0.5, 0.6) is 0 Å². The van der Waals surface area contributed by atoms with Gasteiger partial charge in [0.2, 0.25) is 0 Å². The highest BCUT2D eigenvalue weighted by molar-refractivity contribution is 7.99. The van der Waals surface area contributed by atoms with E-state index in [0.717, 1.165) is 30.1 Å². The maximum Gasteiger partial charge on any atom is 0.313 e. The maximum atomic E-state index is 10.8. The van der Waals surface area contributed by atoms with E-state index in [-0.39, 0.29) is 5.75 Å². The summed E-state index contributed by atoms with van der Waals surface area (Å²) >= 11 is 1.30. The number of nitrogens with zero attached hydrogens (tertiary/aromatic N) is 2. The summed E-state index contributed by atoms with van der Waals surface area (Å²) in [6, 6.07) is 8.95. The van der Waals surface area contributed by atoms with E-state index in [1.165, 1.54) is 22.9 Å². The molecule has 1 atom stereocenters. The second-order valence-electron chi connectivity index (χ2n) is 5.40. The van der Waals surface area contributed by atoms with E-state index >= 15 is 0 Å². The van der Waals surface area contributed by atoms with E-state index < -0.39 is 5.97 Å². The van der Waals surface area contributed by atoms with Gasteiger partial charge in [-0.3, -0.25) is 4.79 Å². The molecule has 0 aliphatic heterocycles. The molecule has 5 heteroatoms. The molecule has 1 aromatic carbocycles. The molecule has 21 heavy (non-hydrogen) atoms. The normalized spacial score (nSPS) is 17.5. The first-order chi connectivity index (χ1) is 10.1. The molecule has 0 amide bonds. The number of rotatable bonds is 4. The lowest BCUT2D eigenvalue weighted by molar-refractivity contribution is -0.133. The lowest BCUT2D eigenvalue weighted by Gasteiger charge is -2.28. The molecular weight excluding hydrogens is 284 g/mol. The minimum absolute atomic E-state index is 0.0553. The number of fused-ring (bicyclic) bond motifs is 1. The van der Waals surface area contributed by atoms with Crippen molar-refractivity contribution >= 4 is 17.7 Å². The Balaban J connectivity index is 1.84. The lowest BCUT2D eigenvalue weighted by atomic mass is 9.88. The minimum atomic E-state index is -0.804. The lowest BCUT2D eigenvalue weighted by Crippen LogP contribution is -2.20. The zero-order chi connectivity index (χ0) is 14.8. The van der Waals surface area contributed by atoms with Gasteiger partial charge in [-0.1, -0.05) is 36.0 Å². The van der Waals surface area contributed by atoms with Crippen LogP contribution in [0.4, 0.5) is 0 Å². The molecule has 1 aliphatic carbocycles. The van der Waals surface area contributed by atoms with Crippen LogP contribution in [-0.2, 0) is 17.6 Å². The molecule has 0 saturated carbocycles. The fourth-order valence-corrected chi connectivity index (χ4v) is 3.81. The third kappa shape index (κ3) is 2.97. The summed E-state index contributed by atoms with van der Waals surface area (Å²) in [6.07, 6.45) is 4.98. The molecule has 1 aliphatic rings. The van der Waals surface area contributed by atoms with Gasteiger partial charge in [0.1, 0.15) is 0 Å². The summed E-state index contributed by atoms with van der Waals surface area (Å²) in [5.74, 6) is -0.749. The number of carboxylic acids is 1. The van der Waals surface area contributed by atoms with Gasteiger partial charge in [0, 0.05) is 17.9 Å². The highest BCUT2D eigenvalue weighted by atomic mass is 32.2. The van der Waals surface area contributed by atoms with Crippen molar-refractivity contribution in [1.29, 1.82) is 0 Å². The first kappa shape index (κ1) is 14.2. The summed E-state index contributed by atoms with van der Waals surface area (Å²) in [7, 11) is 0. The van der Waals surface area contributed by atoms with Crippen LogP contribution in [-0.4, -0.2) is 26.4 Å². The van der Waals surface area contributed by atoms with Crippen molar-refractivity contribution in [2.24, 2.45) is 0 Å². The van der Waals surface area contributed by atoms with E-state index in [1.807, 2.05) is 13.1 Å². The molecule has 0 radical (unpaired) electrons. The Hall–Kier alpha value is -1.75. The van der Waals surface area contributed by atoms with Crippen molar-refractivity contribution in [3.05, 3.63) is 47.3 Å². The second kappa shape index (κ2) is 5.93. The van der Waals surface area contributed by atoms with Crippen molar-refractivity contribution in [3.8, 4) is 0 Å². The third-order valence-electron chi connectivity index (χ3n) is 3.96. The number of aliphatic carboxylic acids is 1. The second-order valence-corrected chi connectivity index (χ2v) is 6.34. The standard InChI is InChI=1S/C16H18N2O2S/c1-11-9-17-16(21-10-15(19)20)18(11)14-7-6-12-4-2-3-5-13(12)8-14/h2-5,9,14H,6-8,10H2,1H3,(H,19,20).